The molecule has 0 aliphatic rings. The summed E-state index contributed by atoms with van der Waals surface area (Å²) in [6, 6.07) is 5.16. The molecule has 0 fully saturated rings. The number of carbonyl (C=O) groups excluding carboxylic acids is 1. The fourth-order valence-corrected chi connectivity index (χ4v) is 1.94. The van der Waals surface area contributed by atoms with E-state index < -0.39 is 6.10 Å². The maximum atomic E-state index is 12.5. The Morgan fingerprint density at radius 3 is 2.76 bits per heavy atom. The molecule has 0 spiro atoms. The Morgan fingerprint density at radius 2 is 2.19 bits per heavy atom. The lowest BCUT2D eigenvalue weighted by Crippen LogP contribution is -2.33. The van der Waals surface area contributed by atoms with Gasteiger partial charge in [0.2, 0.25) is 0 Å². The van der Waals surface area contributed by atoms with Crippen molar-refractivity contribution in [2.24, 2.45) is 5.73 Å². The largest absolute Gasteiger partial charge is 0.493 e. The summed E-state index contributed by atoms with van der Waals surface area (Å²) in [7, 11) is 3.16. The zero-order valence-electron chi connectivity index (χ0n) is 12.8. The van der Waals surface area contributed by atoms with Gasteiger partial charge in [0.15, 0.2) is 11.5 Å². The number of aliphatic hydroxyl groups is 1. The fourth-order valence-electron chi connectivity index (χ4n) is 1.94. The molecular weight excluding hydrogens is 272 g/mol. The summed E-state index contributed by atoms with van der Waals surface area (Å²) >= 11 is 0. The molecule has 1 amide bonds. The Kier molecular flexibility index (Phi) is 6.98. The number of benzene rings is 1. The first kappa shape index (κ1) is 17.3. The molecule has 0 bridgehead atoms. The highest BCUT2D eigenvalue weighted by molar-refractivity contribution is 5.97. The van der Waals surface area contributed by atoms with Crippen LogP contribution in [0.25, 0.3) is 0 Å². The van der Waals surface area contributed by atoms with Crippen LogP contribution in [0.3, 0.4) is 0 Å². The number of ether oxygens (including phenoxy) is 2. The summed E-state index contributed by atoms with van der Waals surface area (Å²) in [5.74, 6) is 0.691. The number of carbonyl (C=O) groups is 1. The van der Waals surface area contributed by atoms with Crippen molar-refractivity contribution in [3.8, 4) is 11.5 Å². The molecule has 1 aromatic rings. The summed E-state index contributed by atoms with van der Waals surface area (Å²) in [6.45, 7) is 2.81. The molecule has 0 aliphatic heterocycles. The number of aliphatic hydroxyl groups excluding tert-OH is 1. The van der Waals surface area contributed by atoms with Crippen molar-refractivity contribution in [1.29, 1.82) is 0 Å². The highest BCUT2D eigenvalue weighted by Gasteiger charge is 2.20. The second kappa shape index (κ2) is 8.49. The van der Waals surface area contributed by atoms with Gasteiger partial charge < -0.3 is 25.2 Å². The lowest BCUT2D eigenvalue weighted by atomic mass is 10.1. The number of para-hydroxylation sites is 1. The summed E-state index contributed by atoms with van der Waals surface area (Å²) in [6.07, 6.45) is 0.0982. The number of amides is 1. The van der Waals surface area contributed by atoms with Crippen LogP contribution in [0, 0.1) is 0 Å². The Bertz CT molecular complexity index is 463. The van der Waals surface area contributed by atoms with Crippen molar-refractivity contribution in [3.63, 3.8) is 0 Å². The van der Waals surface area contributed by atoms with Crippen LogP contribution < -0.4 is 15.2 Å². The SMILES string of the molecule is COc1cccc(C(=O)N(C)C[C@H](C)O)c1OCCCN. The number of rotatable bonds is 8. The molecule has 1 aromatic carbocycles. The van der Waals surface area contributed by atoms with Gasteiger partial charge in [-0.1, -0.05) is 6.07 Å². The van der Waals surface area contributed by atoms with E-state index in [-0.39, 0.29) is 12.5 Å². The second-order valence-corrected chi connectivity index (χ2v) is 4.86. The molecule has 1 atom stereocenters. The summed E-state index contributed by atoms with van der Waals surface area (Å²) in [4.78, 5) is 13.9. The Hall–Kier alpha value is -1.79. The molecule has 6 heteroatoms. The van der Waals surface area contributed by atoms with Crippen LogP contribution in [0.15, 0.2) is 18.2 Å². The zero-order chi connectivity index (χ0) is 15.8. The van der Waals surface area contributed by atoms with Crippen LogP contribution in [0.2, 0.25) is 0 Å². The van der Waals surface area contributed by atoms with Gasteiger partial charge in [-0.3, -0.25) is 4.79 Å². The van der Waals surface area contributed by atoms with E-state index in [1.807, 2.05) is 0 Å². The quantitative estimate of drug-likeness (QED) is 0.696. The molecule has 0 saturated heterocycles. The minimum atomic E-state index is -0.592. The van der Waals surface area contributed by atoms with Crippen molar-refractivity contribution >= 4 is 5.91 Å². The number of methoxy groups -OCH3 is 1. The van der Waals surface area contributed by atoms with Crippen molar-refractivity contribution in [2.75, 3.05) is 33.9 Å². The number of hydrogen-bond acceptors (Lipinski definition) is 5. The number of nitrogens with two attached hydrogens (primary N) is 1. The molecule has 0 aliphatic carbocycles. The van der Waals surface area contributed by atoms with E-state index in [9.17, 15) is 9.90 Å². The number of nitrogens with zero attached hydrogens (tertiary/aromatic N) is 1. The van der Waals surface area contributed by atoms with Crippen LogP contribution in [0.4, 0.5) is 0 Å². The fraction of sp³-hybridized carbons (Fsp3) is 0.533. The second-order valence-electron chi connectivity index (χ2n) is 4.86. The predicted molar refractivity (Wildman–Crippen MR) is 80.8 cm³/mol. The Labute approximate surface area is 125 Å². The van der Waals surface area contributed by atoms with Gasteiger partial charge in [-0.15, -0.1) is 0 Å². The third-order valence-corrected chi connectivity index (χ3v) is 2.91. The average Bonchev–Trinajstić information content (AvgIpc) is 2.46. The molecule has 0 unspecified atom stereocenters. The maximum absolute atomic E-state index is 12.5. The lowest BCUT2D eigenvalue weighted by Gasteiger charge is -2.21. The highest BCUT2D eigenvalue weighted by atomic mass is 16.5. The molecule has 21 heavy (non-hydrogen) atoms. The number of likely N-dealkylation sites (N-methyl/N-ethyl adjacent to an activating group) is 1. The summed E-state index contributed by atoms with van der Waals surface area (Å²) in [5.41, 5.74) is 5.86. The van der Waals surface area contributed by atoms with E-state index in [2.05, 4.69) is 0 Å². The average molecular weight is 296 g/mol. The van der Waals surface area contributed by atoms with Crippen molar-refractivity contribution < 1.29 is 19.4 Å². The molecule has 6 nitrogen and oxygen atoms in total. The van der Waals surface area contributed by atoms with Crippen LogP contribution in [-0.4, -0.2) is 55.9 Å². The minimum Gasteiger partial charge on any atom is -0.493 e. The number of hydrogen-bond donors (Lipinski definition) is 2. The first-order valence-electron chi connectivity index (χ1n) is 6.94. The lowest BCUT2D eigenvalue weighted by molar-refractivity contribution is 0.0698. The van der Waals surface area contributed by atoms with Gasteiger partial charge in [0, 0.05) is 13.6 Å². The summed E-state index contributed by atoms with van der Waals surface area (Å²) in [5, 5.41) is 9.40. The highest BCUT2D eigenvalue weighted by Crippen LogP contribution is 2.32. The van der Waals surface area contributed by atoms with Crippen LogP contribution in [-0.2, 0) is 0 Å². The molecule has 1 rings (SSSR count). The van der Waals surface area contributed by atoms with Crippen molar-refractivity contribution in [2.45, 2.75) is 19.4 Å². The first-order valence-corrected chi connectivity index (χ1v) is 6.94. The third-order valence-electron chi connectivity index (χ3n) is 2.91. The standard InChI is InChI=1S/C15H24N2O4/c1-11(18)10-17(2)15(19)12-6-4-7-13(20-3)14(12)21-9-5-8-16/h4,6-7,11,18H,5,8-10,16H2,1-3H3/t11-/m0/s1. The molecule has 0 radical (unpaired) electrons. The minimum absolute atomic E-state index is 0.224. The first-order chi connectivity index (χ1) is 10.0. The predicted octanol–water partition coefficient (Wildman–Crippen LogP) is 0.876. The molecule has 3 N–H and O–H groups in total. The van der Waals surface area contributed by atoms with E-state index in [1.54, 1.807) is 32.2 Å². The van der Waals surface area contributed by atoms with Crippen molar-refractivity contribution in [3.05, 3.63) is 23.8 Å². The van der Waals surface area contributed by atoms with Gasteiger partial charge in [0.1, 0.15) is 0 Å². The van der Waals surface area contributed by atoms with Gasteiger partial charge in [-0.25, -0.2) is 0 Å². The molecular formula is C15H24N2O4. The maximum Gasteiger partial charge on any atom is 0.257 e. The Balaban J connectivity index is 3.01. The van der Waals surface area contributed by atoms with Crippen LogP contribution >= 0.6 is 0 Å². The van der Waals surface area contributed by atoms with E-state index >= 15 is 0 Å². The molecule has 0 heterocycles. The van der Waals surface area contributed by atoms with E-state index in [4.69, 9.17) is 15.2 Å². The topological polar surface area (TPSA) is 85.0 Å². The van der Waals surface area contributed by atoms with Gasteiger partial charge >= 0.3 is 0 Å². The molecule has 0 saturated carbocycles. The van der Waals surface area contributed by atoms with E-state index in [0.717, 1.165) is 0 Å². The Morgan fingerprint density at radius 1 is 1.48 bits per heavy atom. The zero-order valence-corrected chi connectivity index (χ0v) is 12.8. The van der Waals surface area contributed by atoms with Crippen LogP contribution in [0.1, 0.15) is 23.7 Å². The third kappa shape index (κ3) is 4.91. The normalized spacial score (nSPS) is 11.9. The van der Waals surface area contributed by atoms with Gasteiger partial charge in [0.25, 0.3) is 5.91 Å². The molecule has 0 aromatic heterocycles. The van der Waals surface area contributed by atoms with E-state index in [0.29, 0.717) is 36.6 Å². The van der Waals surface area contributed by atoms with Crippen LogP contribution in [0.5, 0.6) is 11.5 Å². The summed E-state index contributed by atoms with van der Waals surface area (Å²) < 4.78 is 10.9. The monoisotopic (exact) mass is 296 g/mol. The van der Waals surface area contributed by atoms with E-state index in [1.165, 1.54) is 12.0 Å². The molecule has 118 valence electrons. The smallest absolute Gasteiger partial charge is 0.257 e. The van der Waals surface area contributed by atoms with Crippen molar-refractivity contribution in [1.82, 2.24) is 4.90 Å². The van der Waals surface area contributed by atoms with Gasteiger partial charge in [-0.05, 0) is 32.0 Å². The van der Waals surface area contributed by atoms with Gasteiger partial charge in [-0.2, -0.15) is 0 Å². The van der Waals surface area contributed by atoms with Gasteiger partial charge in [0.05, 0.1) is 25.4 Å².